The molecule has 0 saturated heterocycles. The lowest BCUT2D eigenvalue weighted by Gasteiger charge is -2.38. The number of aliphatic hydroxyl groups excluding tert-OH is 1. The minimum atomic E-state index is -0.181. The van der Waals surface area contributed by atoms with Gasteiger partial charge in [0.1, 0.15) is 5.82 Å². The highest BCUT2D eigenvalue weighted by Crippen LogP contribution is 2.40. The van der Waals surface area contributed by atoms with E-state index in [2.05, 4.69) is 11.9 Å². The lowest BCUT2D eigenvalue weighted by molar-refractivity contribution is 0.00415. The van der Waals surface area contributed by atoms with Crippen molar-refractivity contribution >= 4 is 0 Å². The van der Waals surface area contributed by atoms with Crippen LogP contribution in [0.2, 0.25) is 0 Å². The van der Waals surface area contributed by atoms with Crippen molar-refractivity contribution in [2.45, 2.75) is 58.0 Å². The summed E-state index contributed by atoms with van der Waals surface area (Å²) in [6, 6.07) is 0. The van der Waals surface area contributed by atoms with Crippen LogP contribution in [0.1, 0.15) is 51.3 Å². The standard InChI is InChI=1S/C14H24N2O/c1-14(8-4-3-5-9-14)12(17)6-7-13-15-10-11-16(13)2/h10-12,17H,3-9H2,1-2H3. The molecule has 0 aromatic carbocycles. The zero-order chi connectivity index (χ0) is 12.3. The number of hydrogen-bond acceptors (Lipinski definition) is 2. The summed E-state index contributed by atoms with van der Waals surface area (Å²) in [7, 11) is 2.01. The van der Waals surface area contributed by atoms with E-state index in [-0.39, 0.29) is 11.5 Å². The fourth-order valence-corrected chi connectivity index (χ4v) is 2.94. The van der Waals surface area contributed by atoms with E-state index in [9.17, 15) is 5.11 Å². The molecule has 0 radical (unpaired) electrons. The number of imidazole rings is 1. The molecule has 17 heavy (non-hydrogen) atoms. The SMILES string of the molecule is Cn1ccnc1CCC(O)C1(C)CCCCC1. The van der Waals surface area contributed by atoms with Crippen molar-refractivity contribution < 1.29 is 5.11 Å². The smallest absolute Gasteiger partial charge is 0.108 e. The molecule has 1 heterocycles. The Hall–Kier alpha value is -0.830. The van der Waals surface area contributed by atoms with Crippen LogP contribution in [0.25, 0.3) is 0 Å². The summed E-state index contributed by atoms with van der Waals surface area (Å²) in [6.07, 6.45) is 11.5. The molecule has 1 fully saturated rings. The summed E-state index contributed by atoms with van der Waals surface area (Å²) in [6.45, 7) is 2.25. The van der Waals surface area contributed by atoms with Gasteiger partial charge in [-0.3, -0.25) is 0 Å². The molecule has 1 aromatic heterocycles. The second kappa shape index (κ2) is 5.21. The van der Waals surface area contributed by atoms with Crippen LogP contribution in [-0.2, 0) is 13.5 Å². The molecule has 1 aromatic rings. The van der Waals surface area contributed by atoms with Gasteiger partial charge in [0.25, 0.3) is 0 Å². The van der Waals surface area contributed by atoms with Crippen LogP contribution < -0.4 is 0 Å². The summed E-state index contributed by atoms with van der Waals surface area (Å²) in [4.78, 5) is 4.31. The van der Waals surface area contributed by atoms with Crippen molar-refractivity contribution in [3.63, 3.8) is 0 Å². The molecule has 0 amide bonds. The summed E-state index contributed by atoms with van der Waals surface area (Å²) >= 11 is 0. The number of nitrogens with zero attached hydrogens (tertiary/aromatic N) is 2. The van der Waals surface area contributed by atoms with E-state index < -0.39 is 0 Å². The van der Waals surface area contributed by atoms with Gasteiger partial charge in [-0.1, -0.05) is 26.2 Å². The largest absolute Gasteiger partial charge is 0.393 e. The lowest BCUT2D eigenvalue weighted by atomic mass is 9.71. The molecule has 1 aliphatic rings. The predicted octanol–water partition coefficient (Wildman–Crippen LogP) is 2.68. The van der Waals surface area contributed by atoms with Crippen LogP contribution in [-0.4, -0.2) is 20.8 Å². The van der Waals surface area contributed by atoms with Crippen molar-refractivity contribution in [2.75, 3.05) is 0 Å². The van der Waals surface area contributed by atoms with Crippen molar-refractivity contribution in [1.82, 2.24) is 9.55 Å². The van der Waals surface area contributed by atoms with E-state index in [1.807, 2.05) is 24.0 Å². The molecule has 1 N–H and O–H groups in total. The normalized spacial score (nSPS) is 21.4. The molecule has 96 valence electrons. The van der Waals surface area contributed by atoms with E-state index in [0.29, 0.717) is 0 Å². The summed E-state index contributed by atoms with van der Waals surface area (Å²) in [5, 5.41) is 10.4. The molecule has 3 nitrogen and oxygen atoms in total. The topological polar surface area (TPSA) is 38.0 Å². The van der Waals surface area contributed by atoms with Gasteiger partial charge in [-0.05, 0) is 24.7 Å². The average Bonchev–Trinajstić information content (AvgIpc) is 2.73. The molecule has 0 spiro atoms. The molecule has 1 saturated carbocycles. The number of rotatable bonds is 4. The van der Waals surface area contributed by atoms with Crippen LogP contribution in [0.3, 0.4) is 0 Å². The molecule has 1 unspecified atom stereocenters. The first-order valence-corrected chi connectivity index (χ1v) is 6.76. The fourth-order valence-electron chi connectivity index (χ4n) is 2.94. The second-order valence-electron chi connectivity index (χ2n) is 5.72. The Balaban J connectivity index is 1.88. The van der Waals surface area contributed by atoms with E-state index in [1.165, 1.54) is 32.1 Å². The van der Waals surface area contributed by atoms with Gasteiger partial charge in [0.05, 0.1) is 6.10 Å². The summed E-state index contributed by atoms with van der Waals surface area (Å²) < 4.78 is 2.04. The number of aryl methyl sites for hydroxylation is 2. The van der Waals surface area contributed by atoms with E-state index in [1.54, 1.807) is 0 Å². The summed E-state index contributed by atoms with van der Waals surface area (Å²) in [5.74, 6) is 1.07. The third-order valence-corrected chi connectivity index (χ3v) is 4.36. The zero-order valence-corrected chi connectivity index (χ0v) is 11.0. The third kappa shape index (κ3) is 2.89. The Labute approximate surface area is 104 Å². The maximum Gasteiger partial charge on any atom is 0.108 e. The van der Waals surface area contributed by atoms with Gasteiger partial charge in [-0.15, -0.1) is 0 Å². The Bertz CT molecular complexity index is 353. The first-order valence-electron chi connectivity index (χ1n) is 6.76. The number of aliphatic hydroxyl groups is 1. The molecule has 2 rings (SSSR count). The zero-order valence-electron chi connectivity index (χ0n) is 11.0. The Morgan fingerprint density at radius 2 is 2.12 bits per heavy atom. The number of hydrogen-bond donors (Lipinski definition) is 1. The van der Waals surface area contributed by atoms with Gasteiger partial charge in [0.2, 0.25) is 0 Å². The van der Waals surface area contributed by atoms with Gasteiger partial charge < -0.3 is 9.67 Å². The van der Waals surface area contributed by atoms with Crippen LogP contribution in [0, 0.1) is 5.41 Å². The van der Waals surface area contributed by atoms with Crippen molar-refractivity contribution in [3.05, 3.63) is 18.2 Å². The highest BCUT2D eigenvalue weighted by Gasteiger charge is 2.33. The van der Waals surface area contributed by atoms with Gasteiger partial charge in [-0.25, -0.2) is 4.98 Å². The minimum absolute atomic E-state index is 0.142. The average molecular weight is 236 g/mol. The highest BCUT2D eigenvalue weighted by atomic mass is 16.3. The van der Waals surface area contributed by atoms with Crippen molar-refractivity contribution in [2.24, 2.45) is 12.5 Å². The van der Waals surface area contributed by atoms with Gasteiger partial charge in [-0.2, -0.15) is 0 Å². The monoisotopic (exact) mass is 236 g/mol. The first-order chi connectivity index (χ1) is 8.12. The van der Waals surface area contributed by atoms with Crippen LogP contribution >= 0.6 is 0 Å². The Kier molecular flexibility index (Phi) is 3.87. The molecule has 0 aliphatic heterocycles. The van der Waals surface area contributed by atoms with Crippen LogP contribution in [0.15, 0.2) is 12.4 Å². The quantitative estimate of drug-likeness (QED) is 0.873. The van der Waals surface area contributed by atoms with E-state index in [4.69, 9.17) is 0 Å². The highest BCUT2D eigenvalue weighted by molar-refractivity contribution is 4.93. The van der Waals surface area contributed by atoms with E-state index in [0.717, 1.165) is 18.7 Å². The van der Waals surface area contributed by atoms with Gasteiger partial charge >= 0.3 is 0 Å². The Morgan fingerprint density at radius 1 is 1.41 bits per heavy atom. The first kappa shape index (κ1) is 12.6. The molecule has 1 atom stereocenters. The van der Waals surface area contributed by atoms with Crippen molar-refractivity contribution in [1.29, 1.82) is 0 Å². The maximum absolute atomic E-state index is 10.4. The fraction of sp³-hybridized carbons (Fsp3) is 0.786. The second-order valence-corrected chi connectivity index (χ2v) is 5.72. The van der Waals surface area contributed by atoms with Gasteiger partial charge in [0, 0.05) is 25.9 Å². The van der Waals surface area contributed by atoms with Crippen LogP contribution in [0.4, 0.5) is 0 Å². The molecule has 0 bridgehead atoms. The molecule has 1 aliphatic carbocycles. The minimum Gasteiger partial charge on any atom is -0.393 e. The lowest BCUT2D eigenvalue weighted by Crippen LogP contribution is -2.34. The molecular formula is C14H24N2O. The molecule has 3 heteroatoms. The molecular weight excluding hydrogens is 212 g/mol. The maximum atomic E-state index is 10.4. The predicted molar refractivity (Wildman–Crippen MR) is 68.7 cm³/mol. The third-order valence-electron chi connectivity index (χ3n) is 4.36. The Morgan fingerprint density at radius 3 is 2.71 bits per heavy atom. The van der Waals surface area contributed by atoms with Crippen LogP contribution in [0.5, 0.6) is 0 Å². The number of aromatic nitrogens is 2. The van der Waals surface area contributed by atoms with Gasteiger partial charge in [0.15, 0.2) is 0 Å². The summed E-state index contributed by atoms with van der Waals surface area (Å²) in [5.41, 5.74) is 0.142. The van der Waals surface area contributed by atoms with E-state index >= 15 is 0 Å². The van der Waals surface area contributed by atoms with Crippen molar-refractivity contribution in [3.8, 4) is 0 Å².